The maximum Gasteiger partial charge on any atom is 0.0724 e. The smallest absolute Gasteiger partial charge is 0.0724 e. The molecule has 0 aliphatic rings. The molecule has 0 spiro atoms. The summed E-state index contributed by atoms with van der Waals surface area (Å²) in [6, 6.07) is 8.50. The van der Waals surface area contributed by atoms with Crippen LogP contribution in [0.2, 0.25) is 0 Å². The zero-order valence-electron chi connectivity index (χ0n) is 10.3. The fourth-order valence-corrected chi connectivity index (χ4v) is 1.67. The first kappa shape index (κ1) is 11.7. The Labute approximate surface area is 102 Å². The van der Waals surface area contributed by atoms with E-state index in [0.717, 1.165) is 24.5 Å². The lowest BCUT2D eigenvalue weighted by atomic mass is 10.1. The Morgan fingerprint density at radius 2 is 1.94 bits per heavy atom. The first-order valence-electron chi connectivity index (χ1n) is 5.78. The third-order valence-electron chi connectivity index (χ3n) is 2.55. The fourth-order valence-electron chi connectivity index (χ4n) is 1.67. The van der Waals surface area contributed by atoms with Crippen LogP contribution in [0.25, 0.3) is 0 Å². The second-order valence-electron chi connectivity index (χ2n) is 4.24. The molecule has 1 heterocycles. The van der Waals surface area contributed by atoms with Crippen LogP contribution in [0.3, 0.4) is 0 Å². The van der Waals surface area contributed by atoms with Crippen molar-refractivity contribution in [3.63, 3.8) is 0 Å². The van der Waals surface area contributed by atoms with Gasteiger partial charge in [0, 0.05) is 25.5 Å². The number of rotatable bonds is 4. The summed E-state index contributed by atoms with van der Waals surface area (Å²) in [5.41, 5.74) is 4.51. The maximum atomic E-state index is 4.30. The van der Waals surface area contributed by atoms with E-state index in [2.05, 4.69) is 46.5 Å². The molecule has 17 heavy (non-hydrogen) atoms. The molecule has 3 heteroatoms. The van der Waals surface area contributed by atoms with E-state index in [-0.39, 0.29) is 0 Å². The molecule has 0 amide bonds. The van der Waals surface area contributed by atoms with Gasteiger partial charge in [-0.15, -0.1) is 0 Å². The summed E-state index contributed by atoms with van der Waals surface area (Å²) < 4.78 is 0. The summed E-state index contributed by atoms with van der Waals surface area (Å²) >= 11 is 0. The molecule has 0 unspecified atom stereocenters. The number of hydrogen-bond acceptors (Lipinski definition) is 3. The van der Waals surface area contributed by atoms with E-state index in [1.807, 2.05) is 13.1 Å². The van der Waals surface area contributed by atoms with Crippen LogP contribution in [0, 0.1) is 13.8 Å². The van der Waals surface area contributed by atoms with Crippen molar-refractivity contribution in [1.82, 2.24) is 15.3 Å². The molecule has 0 fully saturated rings. The van der Waals surface area contributed by atoms with Gasteiger partial charge in [-0.25, -0.2) is 0 Å². The van der Waals surface area contributed by atoms with Crippen LogP contribution in [0.1, 0.15) is 22.5 Å². The Hall–Kier alpha value is -1.74. The lowest BCUT2D eigenvalue weighted by molar-refractivity contribution is 0.675. The van der Waals surface area contributed by atoms with Crippen molar-refractivity contribution < 1.29 is 0 Å². The van der Waals surface area contributed by atoms with Crippen molar-refractivity contribution in [2.45, 2.75) is 26.9 Å². The Morgan fingerprint density at radius 1 is 1.06 bits per heavy atom. The van der Waals surface area contributed by atoms with Crippen LogP contribution >= 0.6 is 0 Å². The molecule has 0 radical (unpaired) electrons. The van der Waals surface area contributed by atoms with Gasteiger partial charge in [0.1, 0.15) is 0 Å². The van der Waals surface area contributed by atoms with Gasteiger partial charge in [-0.2, -0.15) is 0 Å². The minimum Gasteiger partial charge on any atom is -0.307 e. The number of benzene rings is 1. The molecule has 0 bridgehead atoms. The van der Waals surface area contributed by atoms with Crippen molar-refractivity contribution in [3.05, 3.63) is 59.2 Å². The molecule has 3 nitrogen and oxygen atoms in total. The van der Waals surface area contributed by atoms with Gasteiger partial charge in [0.2, 0.25) is 0 Å². The third kappa shape index (κ3) is 3.64. The van der Waals surface area contributed by atoms with Gasteiger partial charge in [-0.3, -0.25) is 9.97 Å². The highest BCUT2D eigenvalue weighted by Crippen LogP contribution is 2.03. The second-order valence-corrected chi connectivity index (χ2v) is 4.24. The first-order valence-corrected chi connectivity index (χ1v) is 5.78. The molecule has 0 aliphatic heterocycles. The summed E-state index contributed by atoms with van der Waals surface area (Å²) in [5.74, 6) is 0. The lowest BCUT2D eigenvalue weighted by Gasteiger charge is -2.05. The summed E-state index contributed by atoms with van der Waals surface area (Å²) in [6.07, 6.45) is 3.61. The van der Waals surface area contributed by atoms with Crippen molar-refractivity contribution >= 4 is 0 Å². The molecule has 1 aromatic carbocycles. The predicted molar refractivity (Wildman–Crippen MR) is 68.5 cm³/mol. The first-order chi connectivity index (χ1) is 8.24. The average molecular weight is 227 g/mol. The van der Waals surface area contributed by atoms with E-state index < -0.39 is 0 Å². The maximum absolute atomic E-state index is 4.30. The van der Waals surface area contributed by atoms with E-state index in [1.54, 1.807) is 6.20 Å². The molecule has 1 N–H and O–H groups in total. The summed E-state index contributed by atoms with van der Waals surface area (Å²) in [7, 11) is 0. The monoisotopic (exact) mass is 227 g/mol. The van der Waals surface area contributed by atoms with Gasteiger partial charge < -0.3 is 5.32 Å². The largest absolute Gasteiger partial charge is 0.307 e. The Bertz CT molecular complexity index is 477. The van der Waals surface area contributed by atoms with Crippen LogP contribution in [0.4, 0.5) is 0 Å². The molecule has 0 aliphatic carbocycles. The SMILES string of the molecule is Cc1cccc(CNCc2cnc(C)cn2)c1. The molecule has 0 saturated heterocycles. The van der Waals surface area contributed by atoms with E-state index in [9.17, 15) is 0 Å². The van der Waals surface area contributed by atoms with Gasteiger partial charge in [-0.05, 0) is 19.4 Å². The number of nitrogens with zero attached hydrogens (tertiary/aromatic N) is 2. The molecule has 0 saturated carbocycles. The Morgan fingerprint density at radius 3 is 2.65 bits per heavy atom. The fraction of sp³-hybridized carbons (Fsp3) is 0.286. The van der Waals surface area contributed by atoms with E-state index in [4.69, 9.17) is 0 Å². The number of hydrogen-bond donors (Lipinski definition) is 1. The highest BCUT2D eigenvalue weighted by molar-refractivity contribution is 5.22. The van der Waals surface area contributed by atoms with E-state index >= 15 is 0 Å². The topological polar surface area (TPSA) is 37.8 Å². The molecular weight excluding hydrogens is 210 g/mol. The van der Waals surface area contributed by atoms with Crippen molar-refractivity contribution in [2.24, 2.45) is 0 Å². The average Bonchev–Trinajstić information content (AvgIpc) is 2.32. The summed E-state index contributed by atoms with van der Waals surface area (Å²) in [6.45, 7) is 5.66. The van der Waals surface area contributed by atoms with E-state index in [1.165, 1.54) is 11.1 Å². The van der Waals surface area contributed by atoms with Crippen LogP contribution in [0.15, 0.2) is 36.7 Å². The zero-order valence-corrected chi connectivity index (χ0v) is 10.3. The minimum atomic E-state index is 0.751. The minimum absolute atomic E-state index is 0.751. The molecule has 88 valence electrons. The van der Waals surface area contributed by atoms with Gasteiger partial charge in [-0.1, -0.05) is 29.8 Å². The van der Waals surface area contributed by atoms with Gasteiger partial charge >= 0.3 is 0 Å². The van der Waals surface area contributed by atoms with Crippen LogP contribution < -0.4 is 5.32 Å². The standard InChI is InChI=1S/C14H17N3/c1-11-4-3-5-13(6-11)8-15-9-14-10-16-12(2)7-17-14/h3-7,10,15H,8-9H2,1-2H3. The van der Waals surface area contributed by atoms with Crippen molar-refractivity contribution in [1.29, 1.82) is 0 Å². The highest BCUT2D eigenvalue weighted by atomic mass is 14.9. The second kappa shape index (κ2) is 5.55. The summed E-state index contributed by atoms with van der Waals surface area (Å²) in [4.78, 5) is 8.52. The van der Waals surface area contributed by atoms with Crippen LogP contribution in [-0.4, -0.2) is 9.97 Å². The number of nitrogens with one attached hydrogen (secondary N) is 1. The molecular formula is C14H17N3. The van der Waals surface area contributed by atoms with Gasteiger partial charge in [0.05, 0.1) is 11.4 Å². The van der Waals surface area contributed by atoms with E-state index in [0.29, 0.717) is 0 Å². The predicted octanol–water partition coefficient (Wildman–Crippen LogP) is 2.38. The highest BCUT2D eigenvalue weighted by Gasteiger charge is 1.96. The van der Waals surface area contributed by atoms with Crippen molar-refractivity contribution in [2.75, 3.05) is 0 Å². The quantitative estimate of drug-likeness (QED) is 0.871. The van der Waals surface area contributed by atoms with Gasteiger partial charge in [0.15, 0.2) is 0 Å². The van der Waals surface area contributed by atoms with Crippen molar-refractivity contribution in [3.8, 4) is 0 Å². The Kier molecular flexibility index (Phi) is 3.83. The number of aryl methyl sites for hydroxylation is 2. The van der Waals surface area contributed by atoms with Gasteiger partial charge in [0.25, 0.3) is 0 Å². The summed E-state index contributed by atoms with van der Waals surface area (Å²) in [5, 5.41) is 3.36. The Balaban J connectivity index is 1.85. The third-order valence-corrected chi connectivity index (χ3v) is 2.55. The van der Waals surface area contributed by atoms with Crippen LogP contribution in [0.5, 0.6) is 0 Å². The molecule has 2 aromatic rings. The molecule has 2 rings (SSSR count). The lowest BCUT2D eigenvalue weighted by Crippen LogP contribution is -2.14. The zero-order chi connectivity index (χ0) is 12.1. The van der Waals surface area contributed by atoms with Crippen LogP contribution in [-0.2, 0) is 13.1 Å². The molecule has 0 atom stereocenters. The number of aromatic nitrogens is 2. The normalized spacial score (nSPS) is 10.5. The molecule has 1 aromatic heterocycles.